The second kappa shape index (κ2) is 39.6. The van der Waals surface area contributed by atoms with Gasteiger partial charge in [-0.2, -0.15) is 0 Å². The highest BCUT2D eigenvalue weighted by Crippen LogP contribution is 2.43. The quantitative estimate of drug-likeness (QED) is 0.0239. The molecule has 0 heterocycles. The van der Waals surface area contributed by atoms with Crippen molar-refractivity contribution in [2.45, 2.75) is 167 Å². The third kappa shape index (κ3) is 39.4. The smallest absolute Gasteiger partial charge is 0.462 e. The number of allylic oxidation sites excluding steroid dienone is 12. The lowest BCUT2D eigenvalue weighted by Gasteiger charge is -2.20. The Balaban J connectivity index is 4.41. The highest BCUT2D eigenvalue weighted by molar-refractivity contribution is 7.47. The summed E-state index contributed by atoms with van der Waals surface area (Å²) in [4.78, 5) is 34.9. The van der Waals surface area contributed by atoms with Crippen molar-refractivity contribution in [1.82, 2.24) is 0 Å². The molecular formula is C44H75O10P. The number of unbranched alkanes of at least 4 members (excludes halogenated alkanes) is 12. The largest absolute Gasteiger partial charge is 0.472 e. The van der Waals surface area contributed by atoms with Gasteiger partial charge in [0.25, 0.3) is 0 Å². The van der Waals surface area contributed by atoms with Crippen LogP contribution in [-0.4, -0.2) is 65.7 Å². The molecule has 0 bridgehead atoms. The predicted molar refractivity (Wildman–Crippen MR) is 223 cm³/mol. The minimum atomic E-state index is -4.63. The summed E-state index contributed by atoms with van der Waals surface area (Å²) in [5.74, 6) is -0.976. The minimum absolute atomic E-state index is 0.149. The molecule has 0 aliphatic heterocycles. The van der Waals surface area contributed by atoms with Gasteiger partial charge in [0.15, 0.2) is 6.10 Å². The number of hydrogen-bond donors (Lipinski definition) is 3. The van der Waals surface area contributed by atoms with Gasteiger partial charge < -0.3 is 24.6 Å². The predicted octanol–water partition coefficient (Wildman–Crippen LogP) is 10.9. The number of hydrogen-bond acceptors (Lipinski definition) is 9. The molecule has 55 heavy (non-hydrogen) atoms. The van der Waals surface area contributed by atoms with E-state index in [-0.39, 0.29) is 19.4 Å². The summed E-state index contributed by atoms with van der Waals surface area (Å²) in [5.41, 5.74) is 0. The molecule has 0 aliphatic rings. The highest BCUT2D eigenvalue weighted by Gasteiger charge is 2.27. The minimum Gasteiger partial charge on any atom is -0.462 e. The summed E-state index contributed by atoms with van der Waals surface area (Å²) >= 11 is 0. The van der Waals surface area contributed by atoms with E-state index in [2.05, 4.69) is 91.3 Å². The van der Waals surface area contributed by atoms with Gasteiger partial charge in [0, 0.05) is 12.8 Å². The fourth-order valence-electron chi connectivity index (χ4n) is 5.13. The van der Waals surface area contributed by atoms with Crippen LogP contribution in [0.1, 0.15) is 155 Å². The van der Waals surface area contributed by atoms with Crippen molar-refractivity contribution in [3.05, 3.63) is 72.9 Å². The molecule has 3 atom stereocenters. The van der Waals surface area contributed by atoms with Crippen LogP contribution in [0.3, 0.4) is 0 Å². The zero-order chi connectivity index (χ0) is 40.5. The van der Waals surface area contributed by atoms with Gasteiger partial charge in [-0.15, -0.1) is 0 Å². The van der Waals surface area contributed by atoms with Crippen LogP contribution in [0.25, 0.3) is 0 Å². The number of aliphatic hydroxyl groups is 2. The Morgan fingerprint density at radius 1 is 0.564 bits per heavy atom. The first-order chi connectivity index (χ1) is 26.7. The summed E-state index contributed by atoms with van der Waals surface area (Å²) in [6.07, 6.45) is 44.3. The maximum Gasteiger partial charge on any atom is 0.472 e. The summed E-state index contributed by atoms with van der Waals surface area (Å²) in [5, 5.41) is 18.3. The van der Waals surface area contributed by atoms with Crippen LogP contribution in [0.2, 0.25) is 0 Å². The van der Waals surface area contributed by atoms with E-state index in [1.807, 2.05) is 0 Å². The lowest BCUT2D eigenvalue weighted by molar-refractivity contribution is -0.161. The maximum absolute atomic E-state index is 12.6. The van der Waals surface area contributed by atoms with E-state index in [1.165, 1.54) is 19.3 Å². The highest BCUT2D eigenvalue weighted by atomic mass is 31.2. The third-order valence-electron chi connectivity index (χ3n) is 8.34. The molecule has 0 amide bonds. The molecule has 1 unspecified atom stereocenters. The monoisotopic (exact) mass is 795 g/mol. The molecule has 0 aromatic heterocycles. The van der Waals surface area contributed by atoms with E-state index in [4.69, 9.17) is 19.1 Å². The van der Waals surface area contributed by atoms with Gasteiger partial charge in [0.1, 0.15) is 12.7 Å². The standard InChI is InChI=1S/C44H75O10P/c1-3-5-7-9-11-13-15-17-19-20-22-24-26-28-30-32-34-36-44(48)54-42(40-53-55(49,50)52-38-41(46)37-45)39-51-43(47)35-33-31-29-27-25-23-21-18-16-14-12-10-8-6-4-2/h5,7,11-14,17-19,21-22,24,41-42,45-46H,3-4,6,8-10,15-16,20,23,25-40H2,1-2H3,(H,49,50)/b7-5-,13-11-,14-12-,19-17-,21-18-,24-22-/t41-,42+/m0/s1. The zero-order valence-electron chi connectivity index (χ0n) is 34.1. The number of esters is 2. The number of carbonyl (C=O) groups excluding carboxylic acids is 2. The second-order valence-corrected chi connectivity index (χ2v) is 15.1. The van der Waals surface area contributed by atoms with Gasteiger partial charge in [-0.05, 0) is 83.5 Å². The average Bonchev–Trinajstić information content (AvgIpc) is 3.17. The van der Waals surface area contributed by atoms with Crippen molar-refractivity contribution >= 4 is 19.8 Å². The fraction of sp³-hybridized carbons (Fsp3) is 0.682. The molecule has 0 aromatic rings. The Morgan fingerprint density at radius 2 is 1.00 bits per heavy atom. The van der Waals surface area contributed by atoms with E-state index in [0.29, 0.717) is 12.8 Å². The molecule has 0 spiro atoms. The van der Waals surface area contributed by atoms with Gasteiger partial charge in [0.2, 0.25) is 0 Å². The number of phosphoric ester groups is 1. The van der Waals surface area contributed by atoms with Gasteiger partial charge in [-0.1, -0.05) is 132 Å². The normalized spacial score (nSPS) is 14.6. The molecule has 0 saturated heterocycles. The van der Waals surface area contributed by atoms with Crippen LogP contribution >= 0.6 is 7.82 Å². The molecule has 0 fully saturated rings. The number of phosphoric acid groups is 1. The number of ether oxygens (including phenoxy) is 2. The topological polar surface area (TPSA) is 149 Å². The molecule has 0 saturated carbocycles. The van der Waals surface area contributed by atoms with Crippen LogP contribution in [0.15, 0.2) is 72.9 Å². The Hall–Kier alpha value is -2.59. The first-order valence-corrected chi connectivity index (χ1v) is 22.4. The average molecular weight is 795 g/mol. The van der Waals surface area contributed by atoms with Crippen LogP contribution < -0.4 is 0 Å². The lowest BCUT2D eigenvalue weighted by Crippen LogP contribution is -2.29. The van der Waals surface area contributed by atoms with E-state index in [0.717, 1.165) is 96.3 Å². The zero-order valence-corrected chi connectivity index (χ0v) is 35.0. The Morgan fingerprint density at radius 3 is 1.51 bits per heavy atom. The van der Waals surface area contributed by atoms with Crippen molar-refractivity contribution in [3.8, 4) is 0 Å². The van der Waals surface area contributed by atoms with E-state index in [1.54, 1.807) is 0 Å². The van der Waals surface area contributed by atoms with Crippen molar-refractivity contribution in [3.63, 3.8) is 0 Å². The van der Waals surface area contributed by atoms with Crippen LogP contribution in [0, 0.1) is 0 Å². The first-order valence-electron chi connectivity index (χ1n) is 20.9. The van der Waals surface area contributed by atoms with E-state index < -0.39 is 51.8 Å². The Bertz CT molecular complexity index is 1140. The second-order valence-electron chi connectivity index (χ2n) is 13.6. The molecule has 10 nitrogen and oxygen atoms in total. The molecule has 0 rings (SSSR count). The Kier molecular flexibility index (Phi) is 37.8. The van der Waals surface area contributed by atoms with Crippen molar-refractivity contribution in [1.29, 1.82) is 0 Å². The summed E-state index contributed by atoms with van der Waals surface area (Å²) in [7, 11) is -4.63. The summed E-state index contributed by atoms with van der Waals surface area (Å²) < 4.78 is 32.6. The summed E-state index contributed by atoms with van der Waals surface area (Å²) in [6, 6.07) is 0. The molecule has 0 radical (unpaired) electrons. The molecule has 0 aliphatic carbocycles. The van der Waals surface area contributed by atoms with E-state index >= 15 is 0 Å². The van der Waals surface area contributed by atoms with Gasteiger partial charge in [-0.3, -0.25) is 18.6 Å². The van der Waals surface area contributed by atoms with Crippen molar-refractivity contribution in [2.75, 3.05) is 26.4 Å². The Labute approximate surface area is 333 Å². The maximum atomic E-state index is 12.6. The van der Waals surface area contributed by atoms with Gasteiger partial charge >= 0.3 is 19.8 Å². The third-order valence-corrected chi connectivity index (χ3v) is 9.30. The van der Waals surface area contributed by atoms with Crippen molar-refractivity contribution < 1.29 is 47.8 Å². The fourth-order valence-corrected chi connectivity index (χ4v) is 5.92. The molecular weight excluding hydrogens is 719 g/mol. The number of aliphatic hydroxyl groups excluding tert-OH is 2. The summed E-state index contributed by atoms with van der Waals surface area (Å²) in [6.45, 7) is 2.17. The van der Waals surface area contributed by atoms with Crippen molar-refractivity contribution in [2.24, 2.45) is 0 Å². The van der Waals surface area contributed by atoms with Gasteiger partial charge in [0.05, 0.1) is 19.8 Å². The molecule has 0 aromatic carbocycles. The molecule has 11 heteroatoms. The van der Waals surface area contributed by atoms with Crippen LogP contribution in [0.4, 0.5) is 0 Å². The SMILES string of the molecule is CC/C=C\C/C=C\C/C=C\C/C=C\CCCCCCC(=O)O[C@H](COC(=O)CCCCCCC/C=C\C/C=C\CCCCC)COP(=O)(O)OC[C@@H](O)CO. The van der Waals surface area contributed by atoms with Gasteiger partial charge in [-0.25, -0.2) is 4.57 Å². The van der Waals surface area contributed by atoms with Crippen LogP contribution in [-0.2, 0) is 32.7 Å². The number of carbonyl (C=O) groups is 2. The van der Waals surface area contributed by atoms with E-state index in [9.17, 15) is 24.2 Å². The first kappa shape index (κ1) is 52.4. The molecule has 316 valence electrons. The number of rotatable bonds is 38. The molecule has 3 N–H and O–H groups in total. The lowest BCUT2D eigenvalue weighted by atomic mass is 10.1. The van der Waals surface area contributed by atoms with Crippen LogP contribution in [0.5, 0.6) is 0 Å².